The summed E-state index contributed by atoms with van der Waals surface area (Å²) in [5.74, 6) is 0.303. The summed E-state index contributed by atoms with van der Waals surface area (Å²) < 4.78 is 5.94. The van der Waals surface area contributed by atoms with Crippen molar-refractivity contribution in [1.29, 1.82) is 0 Å². The van der Waals surface area contributed by atoms with Gasteiger partial charge in [-0.2, -0.15) is 0 Å². The summed E-state index contributed by atoms with van der Waals surface area (Å²) in [6.07, 6.45) is 0.809. The van der Waals surface area contributed by atoms with E-state index in [1.807, 2.05) is 12.1 Å². The van der Waals surface area contributed by atoms with Crippen LogP contribution in [0.15, 0.2) is 24.3 Å². The number of benzene rings is 1. The molecular formula is C14H21NO2. The van der Waals surface area contributed by atoms with E-state index < -0.39 is 0 Å². The van der Waals surface area contributed by atoms with Crippen LogP contribution in [0.5, 0.6) is 5.75 Å². The van der Waals surface area contributed by atoms with Crippen LogP contribution in [-0.4, -0.2) is 24.0 Å². The van der Waals surface area contributed by atoms with Crippen LogP contribution in [-0.2, 0) is 11.2 Å². The number of hydrogen-bond acceptors (Lipinski definition) is 3. The van der Waals surface area contributed by atoms with Crippen LogP contribution in [0.2, 0.25) is 0 Å². The molecule has 1 unspecified atom stereocenters. The van der Waals surface area contributed by atoms with Gasteiger partial charge < -0.3 is 9.84 Å². The molecule has 3 heteroatoms. The summed E-state index contributed by atoms with van der Waals surface area (Å²) in [7, 11) is 0. The lowest BCUT2D eigenvalue weighted by molar-refractivity contribution is -0.125. The number of nitrogens with one attached hydrogen (secondary N) is 1. The number of phenols is 1. The van der Waals surface area contributed by atoms with Crippen molar-refractivity contribution in [1.82, 2.24) is 5.32 Å². The van der Waals surface area contributed by atoms with Gasteiger partial charge in [-0.3, -0.25) is 5.32 Å². The Labute approximate surface area is 103 Å². The summed E-state index contributed by atoms with van der Waals surface area (Å²) in [6, 6.07) is 7.30. The van der Waals surface area contributed by atoms with E-state index in [-0.39, 0.29) is 11.1 Å². The lowest BCUT2D eigenvalue weighted by atomic mass is 9.90. The standard InChI is InChI=1S/C14H21NO2/c1-13(2)9-15-14(3,17-10-13)8-11-4-6-12(16)7-5-11/h4-7,15-16H,8-10H2,1-3H3. The predicted octanol–water partition coefficient (Wildman–Crippen LogP) is 2.30. The third kappa shape index (κ3) is 3.20. The van der Waals surface area contributed by atoms with E-state index in [0.717, 1.165) is 25.1 Å². The molecule has 0 spiro atoms. The van der Waals surface area contributed by atoms with Gasteiger partial charge in [0.25, 0.3) is 0 Å². The average molecular weight is 235 g/mol. The molecule has 0 aliphatic carbocycles. The van der Waals surface area contributed by atoms with Gasteiger partial charge in [0, 0.05) is 18.4 Å². The lowest BCUT2D eigenvalue weighted by Gasteiger charge is -2.42. The zero-order valence-electron chi connectivity index (χ0n) is 10.8. The van der Waals surface area contributed by atoms with Crippen molar-refractivity contribution in [3.63, 3.8) is 0 Å². The van der Waals surface area contributed by atoms with E-state index in [0.29, 0.717) is 5.75 Å². The van der Waals surface area contributed by atoms with Crippen LogP contribution in [0.25, 0.3) is 0 Å². The average Bonchev–Trinajstić information content (AvgIpc) is 2.27. The Morgan fingerprint density at radius 2 is 1.88 bits per heavy atom. The van der Waals surface area contributed by atoms with Crippen molar-refractivity contribution in [3.8, 4) is 5.75 Å². The second-order valence-electron chi connectivity index (χ2n) is 5.88. The van der Waals surface area contributed by atoms with Crippen LogP contribution in [0.4, 0.5) is 0 Å². The lowest BCUT2D eigenvalue weighted by Crippen LogP contribution is -2.56. The monoisotopic (exact) mass is 235 g/mol. The molecule has 1 aromatic carbocycles. The Hall–Kier alpha value is -1.06. The van der Waals surface area contributed by atoms with Gasteiger partial charge in [-0.15, -0.1) is 0 Å². The van der Waals surface area contributed by atoms with Gasteiger partial charge >= 0.3 is 0 Å². The first kappa shape index (κ1) is 12.4. The SMILES string of the molecule is CC1(C)CNC(C)(Cc2ccc(O)cc2)OC1. The molecule has 0 aromatic heterocycles. The highest BCUT2D eigenvalue weighted by Gasteiger charge is 2.35. The van der Waals surface area contributed by atoms with Crippen molar-refractivity contribution in [2.24, 2.45) is 5.41 Å². The number of rotatable bonds is 2. The van der Waals surface area contributed by atoms with Crippen LogP contribution < -0.4 is 5.32 Å². The number of phenolic OH excluding ortho intramolecular Hbond substituents is 1. The van der Waals surface area contributed by atoms with E-state index in [2.05, 4.69) is 26.1 Å². The summed E-state index contributed by atoms with van der Waals surface area (Å²) >= 11 is 0. The zero-order chi connectivity index (χ0) is 12.5. The quantitative estimate of drug-likeness (QED) is 0.826. The molecule has 0 radical (unpaired) electrons. The van der Waals surface area contributed by atoms with E-state index in [9.17, 15) is 5.11 Å². The third-order valence-electron chi connectivity index (χ3n) is 3.20. The fraction of sp³-hybridized carbons (Fsp3) is 0.571. The molecule has 0 saturated carbocycles. The first-order valence-corrected chi connectivity index (χ1v) is 6.06. The summed E-state index contributed by atoms with van der Waals surface area (Å²) in [6.45, 7) is 8.20. The molecule has 2 rings (SSSR count). The normalized spacial score (nSPS) is 27.9. The van der Waals surface area contributed by atoms with Crippen molar-refractivity contribution in [3.05, 3.63) is 29.8 Å². The molecule has 1 aliphatic rings. The van der Waals surface area contributed by atoms with Gasteiger partial charge in [0.2, 0.25) is 0 Å². The Kier molecular flexibility index (Phi) is 3.15. The molecule has 2 N–H and O–H groups in total. The van der Waals surface area contributed by atoms with E-state index in [1.165, 1.54) is 0 Å². The number of hydrogen-bond donors (Lipinski definition) is 2. The van der Waals surface area contributed by atoms with E-state index in [4.69, 9.17) is 4.74 Å². The molecule has 1 aromatic rings. The van der Waals surface area contributed by atoms with Crippen molar-refractivity contribution >= 4 is 0 Å². The Balaban J connectivity index is 2.01. The second-order valence-corrected chi connectivity index (χ2v) is 5.88. The molecule has 1 fully saturated rings. The van der Waals surface area contributed by atoms with Crippen LogP contribution in [0, 0.1) is 5.41 Å². The summed E-state index contributed by atoms with van der Waals surface area (Å²) in [5, 5.41) is 12.7. The van der Waals surface area contributed by atoms with Gasteiger partial charge in [-0.1, -0.05) is 26.0 Å². The van der Waals surface area contributed by atoms with Gasteiger partial charge in [0.1, 0.15) is 11.5 Å². The van der Waals surface area contributed by atoms with Crippen molar-refractivity contribution < 1.29 is 9.84 Å². The molecule has 0 bridgehead atoms. The maximum atomic E-state index is 9.25. The first-order valence-electron chi connectivity index (χ1n) is 6.06. The topological polar surface area (TPSA) is 41.5 Å². The van der Waals surface area contributed by atoms with Gasteiger partial charge in [-0.05, 0) is 24.6 Å². The maximum absolute atomic E-state index is 9.25. The van der Waals surface area contributed by atoms with Crippen LogP contribution in [0.3, 0.4) is 0 Å². The second kappa shape index (κ2) is 4.31. The summed E-state index contributed by atoms with van der Waals surface area (Å²) in [5.41, 5.74) is 1.07. The van der Waals surface area contributed by atoms with Gasteiger partial charge in [0.15, 0.2) is 0 Å². The molecule has 3 nitrogen and oxygen atoms in total. The van der Waals surface area contributed by atoms with Gasteiger partial charge in [0.05, 0.1) is 6.61 Å². The Bertz CT molecular complexity index is 374. The Morgan fingerprint density at radius 3 is 2.41 bits per heavy atom. The smallest absolute Gasteiger partial charge is 0.120 e. The minimum absolute atomic E-state index is 0.203. The molecular weight excluding hydrogens is 214 g/mol. The number of aromatic hydroxyl groups is 1. The fourth-order valence-electron chi connectivity index (χ4n) is 2.00. The van der Waals surface area contributed by atoms with E-state index in [1.54, 1.807) is 12.1 Å². The molecule has 0 amide bonds. The Morgan fingerprint density at radius 1 is 1.24 bits per heavy atom. The highest BCUT2D eigenvalue weighted by Crippen LogP contribution is 2.27. The minimum Gasteiger partial charge on any atom is -0.508 e. The number of ether oxygens (including phenoxy) is 1. The highest BCUT2D eigenvalue weighted by atomic mass is 16.5. The molecule has 17 heavy (non-hydrogen) atoms. The van der Waals surface area contributed by atoms with Crippen molar-refractivity contribution in [2.45, 2.75) is 32.9 Å². The van der Waals surface area contributed by atoms with Gasteiger partial charge in [-0.25, -0.2) is 0 Å². The third-order valence-corrected chi connectivity index (χ3v) is 3.20. The molecule has 1 heterocycles. The predicted molar refractivity (Wildman–Crippen MR) is 68.0 cm³/mol. The molecule has 94 valence electrons. The molecule has 1 atom stereocenters. The van der Waals surface area contributed by atoms with Crippen LogP contribution in [0.1, 0.15) is 26.3 Å². The zero-order valence-corrected chi connectivity index (χ0v) is 10.8. The molecule has 1 saturated heterocycles. The largest absolute Gasteiger partial charge is 0.508 e. The first-order chi connectivity index (χ1) is 7.89. The molecule has 1 aliphatic heterocycles. The summed E-state index contributed by atoms with van der Waals surface area (Å²) in [4.78, 5) is 0. The van der Waals surface area contributed by atoms with Crippen molar-refractivity contribution in [2.75, 3.05) is 13.2 Å². The highest BCUT2D eigenvalue weighted by molar-refractivity contribution is 5.26. The minimum atomic E-state index is -0.299. The van der Waals surface area contributed by atoms with Crippen LogP contribution >= 0.6 is 0 Å². The van der Waals surface area contributed by atoms with E-state index >= 15 is 0 Å². The fourth-order valence-corrected chi connectivity index (χ4v) is 2.00. The maximum Gasteiger partial charge on any atom is 0.120 e.